The molecule has 0 nitrogen and oxygen atoms in total. The first-order chi connectivity index (χ1) is 8.47. The van der Waals surface area contributed by atoms with Crippen molar-refractivity contribution in [3.63, 3.8) is 0 Å². The molecule has 17 heavy (non-hydrogen) atoms. The third-order valence-corrected chi connectivity index (χ3v) is 7.88. The first-order valence-corrected chi connectivity index (χ1v) is 10.4. The average Bonchev–Trinajstić information content (AvgIpc) is 2.45. The lowest BCUT2D eigenvalue weighted by molar-refractivity contribution is 0.735. The number of rotatable bonds is 1. The molecular formula is C14H17P3. The van der Waals surface area contributed by atoms with Crippen LogP contribution in [0.25, 0.3) is 0 Å². The minimum absolute atomic E-state index is 1.24. The van der Waals surface area contributed by atoms with Crippen LogP contribution in [0.4, 0.5) is 0 Å². The van der Waals surface area contributed by atoms with Gasteiger partial charge in [-0.3, -0.25) is 0 Å². The highest BCUT2D eigenvalue weighted by Gasteiger charge is 1.97. The van der Waals surface area contributed by atoms with E-state index < -0.39 is 0 Å². The Kier molecular flexibility index (Phi) is 6.15. The summed E-state index contributed by atoms with van der Waals surface area (Å²) in [6, 6.07) is 10.8. The van der Waals surface area contributed by atoms with Crippen LogP contribution in [0.15, 0.2) is 42.5 Å². The third-order valence-electron chi connectivity index (χ3n) is 2.69. The van der Waals surface area contributed by atoms with Crippen LogP contribution in [0.3, 0.4) is 0 Å². The van der Waals surface area contributed by atoms with Crippen molar-refractivity contribution in [3.8, 4) is 0 Å². The number of hydrogen-bond donors (Lipinski definition) is 0. The van der Waals surface area contributed by atoms with Gasteiger partial charge in [0.2, 0.25) is 0 Å². The molecule has 1 heterocycles. The van der Waals surface area contributed by atoms with Crippen molar-refractivity contribution >= 4 is 28.6 Å². The Morgan fingerprint density at radius 1 is 0.941 bits per heavy atom. The van der Waals surface area contributed by atoms with Gasteiger partial charge in [0.25, 0.3) is 0 Å². The van der Waals surface area contributed by atoms with Gasteiger partial charge >= 0.3 is 0 Å². The van der Waals surface area contributed by atoms with Gasteiger partial charge in [-0.2, -0.15) is 0 Å². The second-order valence-corrected chi connectivity index (χ2v) is 9.24. The topological polar surface area (TPSA) is 0 Å². The lowest BCUT2D eigenvalue weighted by Gasteiger charge is -1.99. The van der Waals surface area contributed by atoms with E-state index in [2.05, 4.69) is 42.5 Å². The van der Waals surface area contributed by atoms with E-state index in [0.717, 1.165) is 0 Å². The van der Waals surface area contributed by atoms with E-state index in [-0.39, 0.29) is 0 Å². The molecule has 1 aliphatic heterocycles. The first kappa shape index (κ1) is 13.2. The van der Waals surface area contributed by atoms with Crippen molar-refractivity contribution < 1.29 is 0 Å². The Morgan fingerprint density at radius 2 is 1.82 bits per heavy atom. The third kappa shape index (κ3) is 4.85. The highest BCUT2D eigenvalue weighted by molar-refractivity contribution is 8.24. The van der Waals surface area contributed by atoms with Crippen LogP contribution < -0.4 is 0 Å². The zero-order valence-electron chi connectivity index (χ0n) is 9.92. The van der Waals surface area contributed by atoms with Gasteiger partial charge < -0.3 is 0 Å². The predicted molar refractivity (Wildman–Crippen MR) is 83.8 cm³/mol. The summed E-state index contributed by atoms with van der Waals surface area (Å²) in [5, 5.41) is 1.47. The van der Waals surface area contributed by atoms with Gasteiger partial charge in [0.1, 0.15) is 0 Å². The maximum Gasteiger partial charge on any atom is 0.0136 e. The van der Waals surface area contributed by atoms with Crippen LogP contribution in [0.5, 0.6) is 0 Å². The summed E-state index contributed by atoms with van der Waals surface area (Å²) in [4.78, 5) is 0. The summed E-state index contributed by atoms with van der Waals surface area (Å²) in [6.07, 6.45) is 11.4. The standard InChI is InChI=1S/C14H17P3/c1-2-7-11-14(13-9-5-4-6-10-13)16-17-15-12-8-3-1/h4-7,9-11H,1-3,8,12H2. The maximum atomic E-state index is 2.35. The molecule has 0 unspecified atom stereocenters. The van der Waals surface area contributed by atoms with Crippen LogP contribution in [0.2, 0.25) is 0 Å². The quantitative estimate of drug-likeness (QED) is 0.552. The molecule has 1 aromatic carbocycles. The summed E-state index contributed by atoms with van der Waals surface area (Å²) < 4.78 is 0. The molecule has 1 aromatic rings. The van der Waals surface area contributed by atoms with Crippen molar-refractivity contribution in [2.75, 3.05) is 6.16 Å². The van der Waals surface area contributed by atoms with Gasteiger partial charge in [-0.25, -0.2) is 0 Å². The molecule has 0 bridgehead atoms. The van der Waals surface area contributed by atoms with E-state index in [1.165, 1.54) is 58.2 Å². The van der Waals surface area contributed by atoms with Crippen molar-refractivity contribution in [2.45, 2.75) is 25.7 Å². The Morgan fingerprint density at radius 3 is 2.71 bits per heavy atom. The highest BCUT2D eigenvalue weighted by Crippen LogP contribution is 2.33. The molecule has 3 heteroatoms. The van der Waals surface area contributed by atoms with E-state index >= 15 is 0 Å². The van der Waals surface area contributed by atoms with Crippen LogP contribution >= 0.6 is 23.3 Å². The fraction of sp³-hybridized carbons (Fsp3) is 0.357. The van der Waals surface area contributed by atoms with Crippen LogP contribution in [0, 0.1) is 0 Å². The van der Waals surface area contributed by atoms with Crippen molar-refractivity contribution in [3.05, 3.63) is 48.0 Å². The minimum atomic E-state index is 1.24. The number of allylic oxidation sites excluding steroid dienone is 2. The Hall–Kier alpha value is -0.270. The maximum absolute atomic E-state index is 2.35. The van der Waals surface area contributed by atoms with Crippen LogP contribution in [-0.4, -0.2) is 11.5 Å². The molecule has 1 aliphatic rings. The summed E-state index contributed by atoms with van der Waals surface area (Å²) in [7, 11) is 4.58. The Labute approximate surface area is 109 Å². The van der Waals surface area contributed by atoms with Gasteiger partial charge in [-0.1, -0.05) is 56.8 Å². The summed E-state index contributed by atoms with van der Waals surface area (Å²) in [5.41, 5.74) is 1.38. The molecule has 0 saturated heterocycles. The van der Waals surface area contributed by atoms with Crippen molar-refractivity contribution in [1.29, 1.82) is 0 Å². The zero-order valence-corrected chi connectivity index (χ0v) is 12.6. The smallest absolute Gasteiger partial charge is 0.0136 e. The Bertz CT molecular complexity index is 418. The lowest BCUT2D eigenvalue weighted by Crippen LogP contribution is -1.91. The average molecular weight is 278 g/mol. The molecule has 0 radical (unpaired) electrons. The Balaban J connectivity index is 2.21. The van der Waals surface area contributed by atoms with Gasteiger partial charge in [0, 0.05) is 5.29 Å². The largest absolute Gasteiger partial charge is 0.0836 e. The lowest BCUT2D eigenvalue weighted by atomic mass is 10.1. The van der Waals surface area contributed by atoms with E-state index in [1.807, 2.05) is 0 Å². The normalized spacial score (nSPS) is 20.1. The van der Waals surface area contributed by atoms with Gasteiger partial charge in [-0.05, 0) is 46.4 Å². The predicted octanol–water partition coefficient (Wildman–Crippen LogP) is 6.01. The van der Waals surface area contributed by atoms with Gasteiger partial charge in [0.05, 0.1) is 0 Å². The molecule has 0 aliphatic carbocycles. The molecular weight excluding hydrogens is 261 g/mol. The SMILES string of the molecule is C1=CC(c2ccccc2)=PP=PCCCCC1. The zero-order chi connectivity index (χ0) is 11.8. The first-order valence-electron chi connectivity index (χ1n) is 6.13. The molecule has 0 aromatic heterocycles. The van der Waals surface area contributed by atoms with E-state index in [0.29, 0.717) is 0 Å². The van der Waals surface area contributed by atoms with Crippen LogP contribution in [-0.2, 0) is 0 Å². The molecule has 0 fully saturated rings. The van der Waals surface area contributed by atoms with E-state index in [9.17, 15) is 0 Å². The second-order valence-electron chi connectivity index (χ2n) is 4.06. The van der Waals surface area contributed by atoms with Crippen molar-refractivity contribution in [1.82, 2.24) is 0 Å². The number of hydrogen-bond acceptors (Lipinski definition) is 0. The molecule has 0 N–H and O–H groups in total. The summed E-state index contributed by atoms with van der Waals surface area (Å²) >= 11 is 0. The summed E-state index contributed by atoms with van der Waals surface area (Å²) in [6.45, 7) is 0. The van der Waals surface area contributed by atoms with E-state index in [4.69, 9.17) is 0 Å². The second kappa shape index (κ2) is 7.94. The van der Waals surface area contributed by atoms with Gasteiger partial charge in [-0.15, -0.1) is 0 Å². The molecule has 0 atom stereocenters. The van der Waals surface area contributed by atoms with Crippen LogP contribution in [0.1, 0.15) is 31.2 Å². The fourth-order valence-corrected chi connectivity index (χ4v) is 6.75. The molecule has 0 saturated carbocycles. The number of benzene rings is 1. The minimum Gasteiger partial charge on any atom is -0.0836 e. The van der Waals surface area contributed by atoms with E-state index in [1.54, 1.807) is 7.87 Å². The molecule has 2 rings (SSSR count). The van der Waals surface area contributed by atoms with Gasteiger partial charge in [0.15, 0.2) is 0 Å². The molecule has 0 spiro atoms. The highest BCUT2D eigenvalue weighted by atomic mass is 32.2. The van der Waals surface area contributed by atoms with Crippen molar-refractivity contribution in [2.24, 2.45) is 0 Å². The summed E-state index contributed by atoms with van der Waals surface area (Å²) in [5.74, 6) is 0. The monoisotopic (exact) mass is 278 g/mol. The fourth-order valence-electron chi connectivity index (χ4n) is 1.74. The molecule has 88 valence electrons. The molecule has 0 amide bonds.